The summed E-state index contributed by atoms with van der Waals surface area (Å²) in [6, 6.07) is 0. The number of hydrogen-bond donors (Lipinski definition) is 0. The van der Waals surface area contributed by atoms with Gasteiger partial charge in [-0.1, -0.05) is 27.2 Å². The van der Waals surface area contributed by atoms with E-state index in [9.17, 15) is 9.59 Å². The van der Waals surface area contributed by atoms with Crippen LogP contribution in [0.15, 0.2) is 0 Å². The van der Waals surface area contributed by atoms with Gasteiger partial charge in [0, 0.05) is 32.5 Å². The van der Waals surface area contributed by atoms with Crippen molar-refractivity contribution in [2.24, 2.45) is 5.92 Å². The first kappa shape index (κ1) is 15.2. The molecule has 1 unspecified atom stereocenters. The molecule has 1 fully saturated rings. The van der Waals surface area contributed by atoms with Crippen LogP contribution in [0.3, 0.4) is 0 Å². The summed E-state index contributed by atoms with van der Waals surface area (Å²) in [6.07, 6.45) is 2.20. The van der Waals surface area contributed by atoms with Crippen molar-refractivity contribution in [3.63, 3.8) is 0 Å². The van der Waals surface area contributed by atoms with Gasteiger partial charge in [-0.25, -0.2) is 0 Å². The number of rotatable bonds is 6. The Bertz CT molecular complexity index is 282. The number of carbonyl (C=O) groups excluding carboxylic acids is 2. The molecule has 104 valence electrons. The van der Waals surface area contributed by atoms with Crippen LogP contribution in [-0.4, -0.2) is 54.2 Å². The van der Waals surface area contributed by atoms with Crippen molar-refractivity contribution in [1.82, 2.24) is 9.80 Å². The van der Waals surface area contributed by atoms with Crippen LogP contribution in [0.5, 0.6) is 0 Å². The third-order valence-electron chi connectivity index (χ3n) is 3.75. The SMILES string of the molecule is CCC(C)CN(CC)CC(=O)N1CCC(=O)CC1. The highest BCUT2D eigenvalue weighted by Crippen LogP contribution is 2.08. The van der Waals surface area contributed by atoms with E-state index in [0.29, 0.717) is 38.4 Å². The number of likely N-dealkylation sites (N-methyl/N-ethyl adjacent to an activating group) is 1. The molecule has 1 heterocycles. The van der Waals surface area contributed by atoms with Gasteiger partial charge >= 0.3 is 0 Å². The van der Waals surface area contributed by atoms with Gasteiger partial charge in [-0.15, -0.1) is 0 Å². The summed E-state index contributed by atoms with van der Waals surface area (Å²) in [5.74, 6) is 1.08. The topological polar surface area (TPSA) is 40.6 Å². The Labute approximate surface area is 110 Å². The number of carbonyl (C=O) groups is 2. The molecule has 0 spiro atoms. The molecule has 1 rings (SSSR count). The Kier molecular flexibility index (Phi) is 6.33. The second-order valence-electron chi connectivity index (χ2n) is 5.26. The van der Waals surface area contributed by atoms with Gasteiger partial charge < -0.3 is 4.90 Å². The van der Waals surface area contributed by atoms with E-state index < -0.39 is 0 Å². The van der Waals surface area contributed by atoms with E-state index in [1.165, 1.54) is 0 Å². The van der Waals surface area contributed by atoms with Crippen LogP contribution < -0.4 is 0 Å². The number of piperidine rings is 1. The van der Waals surface area contributed by atoms with E-state index >= 15 is 0 Å². The molecule has 4 nitrogen and oxygen atoms in total. The fourth-order valence-electron chi connectivity index (χ4n) is 2.17. The quantitative estimate of drug-likeness (QED) is 0.722. The van der Waals surface area contributed by atoms with Crippen LogP contribution in [0.25, 0.3) is 0 Å². The maximum Gasteiger partial charge on any atom is 0.236 e. The minimum Gasteiger partial charge on any atom is -0.341 e. The fraction of sp³-hybridized carbons (Fsp3) is 0.857. The third kappa shape index (κ3) is 4.77. The molecule has 0 aromatic heterocycles. The van der Waals surface area contributed by atoms with E-state index in [0.717, 1.165) is 19.5 Å². The zero-order valence-electron chi connectivity index (χ0n) is 11.9. The van der Waals surface area contributed by atoms with Crippen molar-refractivity contribution in [2.45, 2.75) is 40.0 Å². The molecule has 0 aromatic carbocycles. The van der Waals surface area contributed by atoms with Crippen molar-refractivity contribution in [3.8, 4) is 0 Å². The van der Waals surface area contributed by atoms with Crippen molar-refractivity contribution in [2.75, 3.05) is 32.7 Å². The Balaban J connectivity index is 2.39. The lowest BCUT2D eigenvalue weighted by atomic mass is 10.1. The zero-order chi connectivity index (χ0) is 13.5. The highest BCUT2D eigenvalue weighted by molar-refractivity contribution is 5.84. The number of Topliss-reactive ketones (excluding diaryl/α,β-unsaturated/α-hetero) is 1. The van der Waals surface area contributed by atoms with Crippen LogP contribution >= 0.6 is 0 Å². The molecule has 1 saturated heterocycles. The van der Waals surface area contributed by atoms with Crippen molar-refractivity contribution in [1.29, 1.82) is 0 Å². The van der Waals surface area contributed by atoms with Crippen LogP contribution in [0.2, 0.25) is 0 Å². The summed E-state index contributed by atoms with van der Waals surface area (Å²) in [6.45, 7) is 10.1. The number of likely N-dealkylation sites (tertiary alicyclic amines) is 1. The molecule has 18 heavy (non-hydrogen) atoms. The second kappa shape index (κ2) is 7.52. The van der Waals surface area contributed by atoms with Crippen LogP contribution in [0.1, 0.15) is 40.0 Å². The van der Waals surface area contributed by atoms with Crippen LogP contribution in [-0.2, 0) is 9.59 Å². The van der Waals surface area contributed by atoms with Gasteiger partial charge in [-0.2, -0.15) is 0 Å². The van der Waals surface area contributed by atoms with Gasteiger partial charge in [0.15, 0.2) is 0 Å². The molecule has 0 aliphatic carbocycles. The highest BCUT2D eigenvalue weighted by Gasteiger charge is 2.22. The monoisotopic (exact) mass is 254 g/mol. The molecule has 0 bridgehead atoms. The Morgan fingerprint density at radius 2 is 1.94 bits per heavy atom. The Morgan fingerprint density at radius 1 is 1.33 bits per heavy atom. The second-order valence-corrected chi connectivity index (χ2v) is 5.26. The standard InChI is InChI=1S/C14H26N2O2/c1-4-12(3)10-15(5-2)11-14(18)16-8-6-13(17)7-9-16/h12H,4-11H2,1-3H3. The number of amides is 1. The number of nitrogens with zero attached hydrogens (tertiary/aromatic N) is 2. The van der Waals surface area contributed by atoms with Gasteiger partial charge in [0.1, 0.15) is 5.78 Å². The summed E-state index contributed by atoms with van der Waals surface area (Å²) in [5.41, 5.74) is 0. The van der Waals surface area contributed by atoms with Gasteiger partial charge in [0.05, 0.1) is 6.54 Å². The predicted octanol–water partition coefficient (Wildman–Crippen LogP) is 1.55. The van der Waals surface area contributed by atoms with Gasteiger partial charge in [0.25, 0.3) is 0 Å². The summed E-state index contributed by atoms with van der Waals surface area (Å²) in [4.78, 5) is 27.3. The molecule has 0 saturated carbocycles. The summed E-state index contributed by atoms with van der Waals surface area (Å²) in [5, 5.41) is 0. The molecule has 0 N–H and O–H groups in total. The van der Waals surface area contributed by atoms with E-state index in [4.69, 9.17) is 0 Å². The Hall–Kier alpha value is -0.900. The third-order valence-corrected chi connectivity index (χ3v) is 3.75. The van der Waals surface area contributed by atoms with Crippen molar-refractivity contribution < 1.29 is 9.59 Å². The average Bonchev–Trinajstić information content (AvgIpc) is 2.38. The summed E-state index contributed by atoms with van der Waals surface area (Å²) in [7, 11) is 0. The number of hydrogen-bond acceptors (Lipinski definition) is 3. The van der Waals surface area contributed by atoms with Crippen molar-refractivity contribution in [3.05, 3.63) is 0 Å². The lowest BCUT2D eigenvalue weighted by Crippen LogP contribution is -2.45. The minimum atomic E-state index is 0.174. The minimum absolute atomic E-state index is 0.174. The smallest absolute Gasteiger partial charge is 0.236 e. The Morgan fingerprint density at radius 3 is 2.44 bits per heavy atom. The number of ketones is 1. The lowest BCUT2D eigenvalue weighted by molar-refractivity contribution is -0.135. The van der Waals surface area contributed by atoms with Crippen molar-refractivity contribution >= 4 is 11.7 Å². The van der Waals surface area contributed by atoms with Gasteiger partial charge in [0.2, 0.25) is 5.91 Å². The first-order valence-corrected chi connectivity index (χ1v) is 7.08. The average molecular weight is 254 g/mol. The van der Waals surface area contributed by atoms with E-state index in [2.05, 4.69) is 25.7 Å². The highest BCUT2D eigenvalue weighted by atomic mass is 16.2. The molecule has 4 heteroatoms. The lowest BCUT2D eigenvalue weighted by Gasteiger charge is -2.30. The van der Waals surface area contributed by atoms with E-state index in [1.807, 2.05) is 4.90 Å². The van der Waals surface area contributed by atoms with Crippen LogP contribution in [0, 0.1) is 5.92 Å². The first-order valence-electron chi connectivity index (χ1n) is 7.08. The molecular weight excluding hydrogens is 228 g/mol. The molecule has 1 aliphatic rings. The molecule has 1 aliphatic heterocycles. The predicted molar refractivity (Wildman–Crippen MR) is 72.4 cm³/mol. The molecule has 0 radical (unpaired) electrons. The summed E-state index contributed by atoms with van der Waals surface area (Å²) >= 11 is 0. The van der Waals surface area contributed by atoms with E-state index in [-0.39, 0.29) is 11.7 Å². The summed E-state index contributed by atoms with van der Waals surface area (Å²) < 4.78 is 0. The fourth-order valence-corrected chi connectivity index (χ4v) is 2.17. The molecule has 1 amide bonds. The maximum atomic E-state index is 12.1. The molecule has 1 atom stereocenters. The van der Waals surface area contributed by atoms with Gasteiger partial charge in [-0.05, 0) is 12.5 Å². The largest absolute Gasteiger partial charge is 0.341 e. The van der Waals surface area contributed by atoms with Crippen LogP contribution in [0.4, 0.5) is 0 Å². The zero-order valence-corrected chi connectivity index (χ0v) is 11.9. The maximum absolute atomic E-state index is 12.1. The molecule has 0 aromatic rings. The molecular formula is C14H26N2O2. The first-order chi connectivity index (χ1) is 8.56. The van der Waals surface area contributed by atoms with E-state index in [1.54, 1.807) is 0 Å². The normalized spacial score (nSPS) is 18.2. The van der Waals surface area contributed by atoms with Gasteiger partial charge in [-0.3, -0.25) is 14.5 Å².